The van der Waals surface area contributed by atoms with Crippen LogP contribution in [0.15, 0.2) is 29.4 Å². The maximum absolute atomic E-state index is 11.9. The molecule has 1 fully saturated rings. The number of esters is 1. The number of nitrogens with zero attached hydrogens (tertiary/aromatic N) is 3. The quantitative estimate of drug-likeness (QED) is 0.275. The van der Waals surface area contributed by atoms with Gasteiger partial charge < -0.3 is 19.5 Å². The van der Waals surface area contributed by atoms with Crippen molar-refractivity contribution in [2.24, 2.45) is 5.11 Å². The van der Waals surface area contributed by atoms with E-state index in [4.69, 9.17) is 19.7 Å². The minimum Gasteiger partial charge on any atom is -0.467 e. The first-order valence-corrected chi connectivity index (χ1v) is 10.1. The van der Waals surface area contributed by atoms with Gasteiger partial charge >= 0.3 is 5.97 Å². The molecular formula is C18H24N4O5S. The van der Waals surface area contributed by atoms with E-state index < -0.39 is 17.9 Å². The number of methoxy groups -OCH3 is 1. The van der Waals surface area contributed by atoms with Crippen LogP contribution in [0.25, 0.3) is 10.4 Å². The first-order valence-electron chi connectivity index (χ1n) is 8.95. The summed E-state index contributed by atoms with van der Waals surface area (Å²) in [5.41, 5.74) is 9.29. The van der Waals surface area contributed by atoms with E-state index in [0.29, 0.717) is 11.5 Å². The van der Waals surface area contributed by atoms with Gasteiger partial charge in [0.1, 0.15) is 18.3 Å². The highest BCUT2D eigenvalue weighted by Crippen LogP contribution is 2.22. The average Bonchev–Trinajstić information content (AvgIpc) is 2.72. The van der Waals surface area contributed by atoms with Gasteiger partial charge in [-0.1, -0.05) is 17.2 Å². The highest BCUT2D eigenvalue weighted by atomic mass is 32.2. The Kier molecular flexibility index (Phi) is 9.47. The highest BCUT2D eigenvalue weighted by molar-refractivity contribution is 7.98. The van der Waals surface area contributed by atoms with Gasteiger partial charge in [-0.25, -0.2) is 4.79 Å². The molecule has 0 aliphatic carbocycles. The largest absolute Gasteiger partial charge is 0.467 e. The summed E-state index contributed by atoms with van der Waals surface area (Å²) in [5.74, 6) is 0.621. The SMILES string of the molecule is COC(=O)C(CSCc1cccc(OC2CCCCO2)c1)NC(=O)CN=[N+]=[N-]. The standard InChI is InChI=1S/C18H24N4O5S/c1-25-18(24)15(21-16(23)10-20-22-19)12-28-11-13-5-4-6-14(9-13)27-17-7-2-3-8-26-17/h4-6,9,15,17H,2-3,7-8,10-12H2,1H3,(H,21,23). The maximum Gasteiger partial charge on any atom is 0.329 e. The molecule has 1 aliphatic heterocycles. The van der Waals surface area contributed by atoms with E-state index in [-0.39, 0.29) is 12.8 Å². The molecule has 0 saturated carbocycles. The lowest BCUT2D eigenvalue weighted by Gasteiger charge is -2.23. The summed E-state index contributed by atoms with van der Waals surface area (Å²) in [7, 11) is 1.26. The van der Waals surface area contributed by atoms with Gasteiger partial charge in [-0.05, 0) is 36.1 Å². The number of rotatable bonds is 10. The predicted molar refractivity (Wildman–Crippen MR) is 105 cm³/mol. The zero-order valence-corrected chi connectivity index (χ0v) is 16.5. The fourth-order valence-electron chi connectivity index (χ4n) is 2.61. The van der Waals surface area contributed by atoms with Gasteiger partial charge in [-0.15, -0.1) is 0 Å². The van der Waals surface area contributed by atoms with E-state index in [0.717, 1.165) is 37.2 Å². The lowest BCUT2D eigenvalue weighted by atomic mass is 10.2. The van der Waals surface area contributed by atoms with Gasteiger partial charge in [0.25, 0.3) is 0 Å². The Morgan fingerprint density at radius 1 is 1.46 bits per heavy atom. The molecule has 1 N–H and O–H groups in total. The van der Waals surface area contributed by atoms with Crippen molar-refractivity contribution in [1.82, 2.24) is 5.32 Å². The number of amides is 1. The molecule has 1 aliphatic rings. The smallest absolute Gasteiger partial charge is 0.329 e. The van der Waals surface area contributed by atoms with Crippen LogP contribution in [0, 0.1) is 0 Å². The summed E-state index contributed by atoms with van der Waals surface area (Å²) in [6, 6.07) is 6.89. The topological polar surface area (TPSA) is 123 Å². The number of nitrogens with one attached hydrogen (secondary N) is 1. The van der Waals surface area contributed by atoms with Crippen LogP contribution >= 0.6 is 11.8 Å². The van der Waals surface area contributed by atoms with Gasteiger partial charge in [0, 0.05) is 22.8 Å². The Hall–Kier alpha value is -2.42. The van der Waals surface area contributed by atoms with Crippen molar-refractivity contribution >= 4 is 23.6 Å². The van der Waals surface area contributed by atoms with Crippen molar-refractivity contribution in [1.29, 1.82) is 0 Å². The van der Waals surface area contributed by atoms with E-state index in [2.05, 4.69) is 15.3 Å². The van der Waals surface area contributed by atoms with Crippen LogP contribution in [0.5, 0.6) is 5.75 Å². The molecule has 9 nitrogen and oxygen atoms in total. The van der Waals surface area contributed by atoms with Crippen molar-refractivity contribution in [3.63, 3.8) is 0 Å². The predicted octanol–water partition coefficient (Wildman–Crippen LogP) is 2.79. The third kappa shape index (κ3) is 7.67. The van der Waals surface area contributed by atoms with Gasteiger partial charge in [-0.3, -0.25) is 4.79 Å². The van der Waals surface area contributed by atoms with E-state index in [1.54, 1.807) is 0 Å². The molecule has 2 unspecified atom stereocenters. The molecule has 0 aromatic heterocycles. The summed E-state index contributed by atoms with van der Waals surface area (Å²) in [6.45, 7) is 0.359. The van der Waals surface area contributed by atoms with E-state index in [1.165, 1.54) is 18.9 Å². The number of hydrogen-bond acceptors (Lipinski definition) is 7. The monoisotopic (exact) mass is 408 g/mol. The number of benzene rings is 1. The Bertz CT molecular complexity index is 705. The van der Waals surface area contributed by atoms with Gasteiger partial charge in [0.15, 0.2) is 6.29 Å². The Morgan fingerprint density at radius 2 is 2.32 bits per heavy atom. The summed E-state index contributed by atoms with van der Waals surface area (Å²) >= 11 is 1.47. The second-order valence-corrected chi connectivity index (χ2v) is 7.14. The molecule has 1 heterocycles. The Labute approximate surface area is 167 Å². The number of carbonyl (C=O) groups excluding carboxylic acids is 2. The average molecular weight is 408 g/mol. The number of carbonyl (C=O) groups is 2. The Morgan fingerprint density at radius 3 is 3.04 bits per heavy atom. The maximum atomic E-state index is 11.9. The first-order chi connectivity index (χ1) is 13.6. The van der Waals surface area contributed by atoms with Crippen molar-refractivity contribution in [2.75, 3.05) is 26.0 Å². The van der Waals surface area contributed by atoms with E-state index >= 15 is 0 Å². The van der Waals surface area contributed by atoms with Gasteiger partial charge in [0.2, 0.25) is 5.91 Å². The molecule has 1 aromatic carbocycles. The molecule has 28 heavy (non-hydrogen) atoms. The molecule has 2 rings (SSSR count). The molecule has 1 aromatic rings. The number of azide groups is 1. The summed E-state index contributed by atoms with van der Waals surface area (Å²) < 4.78 is 16.2. The van der Waals surface area contributed by atoms with Crippen LogP contribution in [0.3, 0.4) is 0 Å². The van der Waals surface area contributed by atoms with Crippen LogP contribution in [0.4, 0.5) is 0 Å². The molecule has 0 bridgehead atoms. The Balaban J connectivity index is 1.85. The van der Waals surface area contributed by atoms with Crippen LogP contribution < -0.4 is 10.1 Å². The van der Waals surface area contributed by atoms with Crippen LogP contribution in [-0.4, -0.2) is 50.2 Å². The van der Waals surface area contributed by atoms with Crippen molar-refractivity contribution in [3.8, 4) is 5.75 Å². The number of ether oxygens (including phenoxy) is 3. The number of thioether (sulfide) groups is 1. The number of hydrogen-bond donors (Lipinski definition) is 1. The molecule has 1 amide bonds. The molecule has 0 spiro atoms. The normalized spacial score (nSPS) is 17.1. The van der Waals surface area contributed by atoms with Crippen LogP contribution in [0.1, 0.15) is 24.8 Å². The molecule has 152 valence electrons. The van der Waals surface area contributed by atoms with Crippen LogP contribution in [-0.2, 0) is 24.8 Å². The minimum atomic E-state index is -0.813. The lowest BCUT2D eigenvalue weighted by Crippen LogP contribution is -2.44. The summed E-state index contributed by atoms with van der Waals surface area (Å²) in [4.78, 5) is 26.1. The summed E-state index contributed by atoms with van der Waals surface area (Å²) in [6.07, 6.45) is 2.85. The molecule has 0 radical (unpaired) electrons. The fraction of sp³-hybridized carbons (Fsp3) is 0.556. The van der Waals surface area contributed by atoms with Gasteiger partial charge in [0.05, 0.1) is 13.7 Å². The first kappa shape index (κ1) is 21.9. The van der Waals surface area contributed by atoms with E-state index in [9.17, 15) is 9.59 Å². The molecular weight excluding hydrogens is 384 g/mol. The minimum absolute atomic E-state index is 0.202. The molecule has 1 saturated heterocycles. The van der Waals surface area contributed by atoms with Crippen molar-refractivity contribution in [3.05, 3.63) is 40.3 Å². The second kappa shape index (κ2) is 12.1. The van der Waals surface area contributed by atoms with Crippen molar-refractivity contribution in [2.45, 2.75) is 37.3 Å². The van der Waals surface area contributed by atoms with E-state index in [1.807, 2.05) is 24.3 Å². The summed E-state index contributed by atoms with van der Waals surface area (Å²) in [5, 5.41) is 5.69. The third-order valence-electron chi connectivity index (χ3n) is 3.96. The van der Waals surface area contributed by atoms with Crippen molar-refractivity contribution < 1.29 is 23.8 Å². The highest BCUT2D eigenvalue weighted by Gasteiger charge is 2.21. The zero-order chi connectivity index (χ0) is 20.2. The molecule has 10 heteroatoms. The second-order valence-electron chi connectivity index (χ2n) is 6.11. The molecule has 2 atom stereocenters. The fourth-order valence-corrected chi connectivity index (χ4v) is 3.59. The van der Waals surface area contributed by atoms with Gasteiger partial charge in [-0.2, -0.15) is 11.8 Å². The zero-order valence-electron chi connectivity index (χ0n) is 15.7. The van der Waals surface area contributed by atoms with Crippen LogP contribution in [0.2, 0.25) is 0 Å². The third-order valence-corrected chi connectivity index (χ3v) is 5.06. The lowest BCUT2D eigenvalue weighted by molar-refractivity contribution is -0.144.